The van der Waals surface area contributed by atoms with Crippen LogP contribution in [0.3, 0.4) is 0 Å². The lowest BCUT2D eigenvalue weighted by atomic mass is 10.1. The zero-order chi connectivity index (χ0) is 33.5. The van der Waals surface area contributed by atoms with E-state index in [0.717, 1.165) is 97.8 Å². The molecule has 3 fully saturated rings. The molecule has 2 aliphatic carbocycles. The number of nitrogens with zero attached hydrogens (tertiary/aromatic N) is 5. The minimum Gasteiger partial charge on any atom is -0.366 e. The maximum Gasteiger partial charge on any atom is 0.248 e. The summed E-state index contributed by atoms with van der Waals surface area (Å²) in [7, 11) is 0. The second-order valence-electron chi connectivity index (χ2n) is 13.4. The number of nitrogens with two attached hydrogens (primary N) is 1. The highest BCUT2D eigenvalue weighted by molar-refractivity contribution is 6.30. The molecule has 7 nitrogen and oxygen atoms in total. The van der Waals surface area contributed by atoms with Crippen LogP contribution in [0.1, 0.15) is 86.7 Å². The monoisotopic (exact) mass is 660 g/mol. The second kappa shape index (κ2) is 16.1. The van der Waals surface area contributed by atoms with Gasteiger partial charge in [-0.15, -0.1) is 0 Å². The van der Waals surface area contributed by atoms with Gasteiger partial charge < -0.3 is 15.2 Å². The molecule has 1 aliphatic heterocycles. The molecular formula is C38H50ClFN6O. The van der Waals surface area contributed by atoms with E-state index in [9.17, 15) is 9.18 Å². The summed E-state index contributed by atoms with van der Waals surface area (Å²) in [6.07, 6.45) is 8.43. The zero-order valence-electron chi connectivity index (χ0n) is 28.4. The first-order chi connectivity index (χ1) is 22.6. The predicted octanol–water partition coefficient (Wildman–Crippen LogP) is 8.20. The molecule has 3 heterocycles. The van der Waals surface area contributed by atoms with Gasteiger partial charge in [0.25, 0.3) is 0 Å². The Bertz CT molecular complexity index is 1650. The molecule has 4 aromatic rings. The zero-order valence-corrected chi connectivity index (χ0v) is 29.1. The number of rotatable bonds is 9. The Kier molecular flexibility index (Phi) is 11.9. The van der Waals surface area contributed by atoms with E-state index in [4.69, 9.17) is 27.3 Å². The van der Waals surface area contributed by atoms with Crippen LogP contribution in [0.4, 0.5) is 10.2 Å². The van der Waals surface area contributed by atoms with Crippen molar-refractivity contribution in [1.29, 1.82) is 0 Å². The topological polar surface area (TPSA) is 80.3 Å². The molecule has 47 heavy (non-hydrogen) atoms. The van der Waals surface area contributed by atoms with Crippen LogP contribution in [-0.2, 0) is 19.5 Å². The van der Waals surface area contributed by atoms with Crippen molar-refractivity contribution in [2.24, 2.45) is 17.6 Å². The highest BCUT2D eigenvalue weighted by atomic mass is 35.5. The van der Waals surface area contributed by atoms with Crippen molar-refractivity contribution in [2.45, 2.75) is 91.8 Å². The summed E-state index contributed by atoms with van der Waals surface area (Å²) in [5, 5.41) is 0.479. The van der Waals surface area contributed by atoms with Gasteiger partial charge in [0.05, 0.1) is 17.6 Å². The minimum absolute atomic E-state index is 0.158. The minimum atomic E-state index is -0.403. The summed E-state index contributed by atoms with van der Waals surface area (Å²) in [4.78, 5) is 26.2. The van der Waals surface area contributed by atoms with Crippen LogP contribution >= 0.6 is 11.6 Å². The van der Waals surface area contributed by atoms with E-state index in [0.29, 0.717) is 16.6 Å². The number of halogens is 2. The normalized spacial score (nSPS) is 17.9. The maximum absolute atomic E-state index is 13.2. The molecule has 1 unspecified atom stereocenters. The second-order valence-corrected chi connectivity index (χ2v) is 13.9. The van der Waals surface area contributed by atoms with Crippen LogP contribution in [0.5, 0.6) is 0 Å². The molecule has 2 N–H and O–H groups in total. The third-order valence-electron chi connectivity index (χ3n) is 9.26. The first kappa shape index (κ1) is 34.8. The first-order valence-corrected chi connectivity index (χ1v) is 17.7. The average Bonchev–Trinajstić information content (AvgIpc) is 4.00. The van der Waals surface area contributed by atoms with E-state index in [1.165, 1.54) is 31.7 Å². The number of fused-ring (bicyclic) bond motifs is 1. The number of pyridine rings is 1. The summed E-state index contributed by atoms with van der Waals surface area (Å²) in [5.74, 6) is 3.36. The summed E-state index contributed by atoms with van der Waals surface area (Å²) in [5.41, 5.74) is 9.80. The molecule has 0 spiro atoms. The Hall–Kier alpha value is -3.49. The van der Waals surface area contributed by atoms with Gasteiger partial charge in [0.1, 0.15) is 17.5 Å². The van der Waals surface area contributed by atoms with Gasteiger partial charge in [-0.1, -0.05) is 57.3 Å². The van der Waals surface area contributed by atoms with Crippen molar-refractivity contribution in [3.05, 3.63) is 88.1 Å². The largest absolute Gasteiger partial charge is 0.366 e. The number of hydrogen-bond donors (Lipinski definition) is 1. The van der Waals surface area contributed by atoms with Gasteiger partial charge in [-0.25, -0.2) is 14.4 Å². The van der Waals surface area contributed by atoms with Gasteiger partial charge in [-0.3, -0.25) is 9.69 Å². The maximum atomic E-state index is 13.2. The Labute approximate surface area is 284 Å². The molecule has 3 aliphatic rings. The number of piperazine rings is 1. The number of anilines is 1. The first-order valence-electron chi connectivity index (χ1n) is 17.3. The standard InChI is InChI=1S/C24H32N6O.C10H10ClF.C4H8/c1-4-11-30-21-14-18(24(25)31)9-10-20(21)27-23(30)16-28-12-13-29(15-19(28)5-2)22-8-6-7-17(3)26-22;11-9-4-3-8(10(12)6-9)5-7-1-2-7;1-4-2-3-4/h6-10,14,19H,4-5,11-13,15-16H2,1-3H3,(H2,25,31);3-4,6-7H,1-2,5H2;4H,2-3H2,1H3. The summed E-state index contributed by atoms with van der Waals surface area (Å²) in [6, 6.07) is 17.1. The Morgan fingerprint density at radius 1 is 1.02 bits per heavy atom. The van der Waals surface area contributed by atoms with Crippen molar-refractivity contribution in [3.63, 3.8) is 0 Å². The van der Waals surface area contributed by atoms with Crippen LogP contribution in [0, 0.1) is 24.6 Å². The van der Waals surface area contributed by atoms with Crippen molar-refractivity contribution in [3.8, 4) is 0 Å². The molecule has 9 heteroatoms. The summed E-state index contributed by atoms with van der Waals surface area (Å²) >= 11 is 5.63. The van der Waals surface area contributed by atoms with Crippen LogP contribution in [0.15, 0.2) is 54.6 Å². The van der Waals surface area contributed by atoms with Gasteiger partial charge in [-0.05, 0) is 98.9 Å². The number of carbonyl (C=O) groups excluding carboxylic acids is 1. The number of amides is 1. The number of aryl methyl sites for hydroxylation is 2. The fraction of sp³-hybridized carbons (Fsp3) is 0.500. The van der Waals surface area contributed by atoms with Gasteiger partial charge in [0.15, 0.2) is 0 Å². The number of aromatic nitrogens is 3. The van der Waals surface area contributed by atoms with Crippen molar-refractivity contribution in [2.75, 3.05) is 24.5 Å². The van der Waals surface area contributed by atoms with E-state index in [2.05, 4.69) is 47.3 Å². The van der Waals surface area contributed by atoms with Gasteiger partial charge >= 0.3 is 0 Å². The van der Waals surface area contributed by atoms with Crippen molar-refractivity contribution >= 4 is 34.4 Å². The van der Waals surface area contributed by atoms with E-state index in [-0.39, 0.29) is 5.82 Å². The number of carbonyl (C=O) groups is 1. The molecular weight excluding hydrogens is 611 g/mol. The SMILES string of the molecule is CC1CC1.CCCn1c(CN2CCN(c3cccc(C)n3)CC2CC)nc2ccc(C(N)=O)cc21.Fc1cc(Cl)ccc1CC1CC1. The van der Waals surface area contributed by atoms with E-state index >= 15 is 0 Å². The molecule has 252 valence electrons. The van der Waals surface area contributed by atoms with Crippen LogP contribution < -0.4 is 10.6 Å². The van der Waals surface area contributed by atoms with E-state index < -0.39 is 5.91 Å². The molecule has 2 aromatic carbocycles. The molecule has 0 bridgehead atoms. The Morgan fingerprint density at radius 2 is 1.79 bits per heavy atom. The fourth-order valence-electron chi connectivity index (χ4n) is 5.99. The summed E-state index contributed by atoms with van der Waals surface area (Å²) < 4.78 is 15.4. The molecule has 1 amide bonds. The third-order valence-corrected chi connectivity index (χ3v) is 9.50. The highest BCUT2D eigenvalue weighted by Crippen LogP contribution is 2.33. The lowest BCUT2D eigenvalue weighted by molar-refractivity contribution is 0.100. The number of hydrogen-bond acceptors (Lipinski definition) is 5. The Balaban J connectivity index is 0.000000220. The molecule has 7 rings (SSSR count). The van der Waals surface area contributed by atoms with Crippen molar-refractivity contribution in [1.82, 2.24) is 19.4 Å². The number of imidazole rings is 1. The molecule has 2 saturated carbocycles. The molecule has 0 radical (unpaired) electrons. The highest BCUT2D eigenvalue weighted by Gasteiger charge is 2.28. The Morgan fingerprint density at radius 3 is 2.40 bits per heavy atom. The van der Waals surface area contributed by atoms with E-state index in [1.807, 2.05) is 25.1 Å². The van der Waals surface area contributed by atoms with Crippen LogP contribution in [0.2, 0.25) is 5.02 Å². The molecule has 1 atom stereocenters. The van der Waals surface area contributed by atoms with Gasteiger partial charge in [0, 0.05) is 48.5 Å². The molecule has 1 saturated heterocycles. The third kappa shape index (κ3) is 9.77. The number of benzene rings is 2. The number of primary amides is 1. The van der Waals surface area contributed by atoms with Gasteiger partial charge in [0.2, 0.25) is 5.91 Å². The quantitative estimate of drug-likeness (QED) is 0.196. The lowest BCUT2D eigenvalue weighted by Crippen LogP contribution is -2.53. The van der Waals surface area contributed by atoms with Crippen LogP contribution in [0.25, 0.3) is 11.0 Å². The van der Waals surface area contributed by atoms with Crippen LogP contribution in [-0.4, -0.2) is 51.0 Å². The smallest absolute Gasteiger partial charge is 0.248 e. The fourth-order valence-corrected chi connectivity index (χ4v) is 6.15. The van der Waals surface area contributed by atoms with Gasteiger partial charge in [-0.2, -0.15) is 0 Å². The lowest BCUT2D eigenvalue weighted by Gasteiger charge is -2.41. The van der Waals surface area contributed by atoms with Crippen molar-refractivity contribution < 1.29 is 9.18 Å². The van der Waals surface area contributed by atoms with E-state index in [1.54, 1.807) is 18.2 Å². The predicted molar refractivity (Wildman–Crippen MR) is 190 cm³/mol. The average molecular weight is 661 g/mol. The molecule has 2 aromatic heterocycles. The summed E-state index contributed by atoms with van der Waals surface area (Å²) in [6.45, 7) is 13.3.